The van der Waals surface area contributed by atoms with Crippen LogP contribution in [-0.2, 0) is 37.9 Å². The quantitative estimate of drug-likeness (QED) is 0.0839. The highest BCUT2D eigenvalue weighted by Gasteiger charge is 2.56. The number of rotatable bonds is 13. The van der Waals surface area contributed by atoms with Gasteiger partial charge in [-0.15, -0.1) is 0 Å². The summed E-state index contributed by atoms with van der Waals surface area (Å²) in [6.07, 6.45) is -29.4. The van der Waals surface area contributed by atoms with Crippen LogP contribution >= 0.6 is 0 Å². The van der Waals surface area contributed by atoms with Crippen molar-refractivity contribution in [1.82, 2.24) is 0 Å². The largest absolute Gasteiger partial charge is 0.504 e. The fourth-order valence-corrected chi connectivity index (χ4v) is 5.92. The number of hydrogen-bond donors (Lipinski definition) is 14. The van der Waals surface area contributed by atoms with E-state index < -0.39 is 148 Å². The maximum atomic E-state index is 11.0. The number of aliphatic hydroxyl groups excluding tert-OH is 13. The lowest BCUT2D eigenvalue weighted by molar-refractivity contribution is -0.382. The second-order valence-corrected chi connectivity index (χ2v) is 12.1. The molecule has 15 N–H and O–H groups in total. The van der Waals surface area contributed by atoms with Gasteiger partial charge in [0.05, 0.1) is 33.0 Å². The summed E-state index contributed by atoms with van der Waals surface area (Å²) in [6, 6.07) is 0. The van der Waals surface area contributed by atoms with Gasteiger partial charge in [-0.1, -0.05) is 0 Å². The average molecular weight is 722 g/mol. The van der Waals surface area contributed by atoms with Crippen LogP contribution in [-0.4, -0.2) is 216 Å². The Kier molecular flexibility index (Phi) is 13.8. The molecule has 0 aromatic carbocycles. The van der Waals surface area contributed by atoms with Crippen molar-refractivity contribution in [3.05, 3.63) is 11.7 Å². The smallest absolute Gasteiger partial charge is 0.322 e. The summed E-state index contributed by atoms with van der Waals surface area (Å²) in [5, 5.41) is 135. The Balaban J connectivity index is 1.48. The molecule has 0 amide bonds. The third-order valence-corrected chi connectivity index (χ3v) is 8.71. The van der Waals surface area contributed by atoms with E-state index in [4.69, 9.17) is 43.6 Å². The summed E-state index contributed by atoms with van der Waals surface area (Å²) in [5.41, 5.74) is 5.38. The highest BCUT2D eigenvalue weighted by Crippen LogP contribution is 2.38. The molecule has 0 saturated carbocycles. The zero-order valence-corrected chi connectivity index (χ0v) is 26.2. The van der Waals surface area contributed by atoms with Gasteiger partial charge in [0.25, 0.3) is 0 Å². The lowest BCUT2D eigenvalue weighted by Gasteiger charge is -2.49. The van der Waals surface area contributed by atoms with Crippen LogP contribution in [0.1, 0.15) is 6.92 Å². The minimum Gasteiger partial charge on any atom is -0.504 e. The summed E-state index contributed by atoms with van der Waals surface area (Å²) >= 11 is 0. The van der Waals surface area contributed by atoms with Crippen LogP contribution in [0.3, 0.4) is 0 Å². The van der Waals surface area contributed by atoms with Crippen LogP contribution in [0.4, 0.5) is 0 Å². The summed E-state index contributed by atoms with van der Waals surface area (Å²) in [4.78, 5) is 0. The fraction of sp³-hybridized carbons (Fsp3) is 0.926. The van der Waals surface area contributed by atoms with Gasteiger partial charge in [-0.3, -0.25) is 0 Å². The van der Waals surface area contributed by atoms with Crippen molar-refractivity contribution in [2.45, 2.75) is 117 Å². The molecule has 4 rings (SSSR count). The van der Waals surface area contributed by atoms with E-state index in [2.05, 4.69) is 0 Å². The topological polar surface area (TPSA) is 363 Å². The zero-order valence-electron chi connectivity index (χ0n) is 26.2. The average Bonchev–Trinajstić information content (AvgIpc) is 3.09. The lowest BCUT2D eigenvalue weighted by Crippen LogP contribution is -2.67. The molecule has 0 aromatic rings. The predicted octanol–water partition coefficient (Wildman–Crippen LogP) is -8.34. The maximum Gasteiger partial charge on any atom is 0.322 e. The highest BCUT2D eigenvalue weighted by atomic mass is 16.8. The first-order valence-corrected chi connectivity index (χ1v) is 15.5. The first-order chi connectivity index (χ1) is 23.2. The normalized spacial score (nSPS) is 47.9. The van der Waals surface area contributed by atoms with Crippen molar-refractivity contribution in [2.75, 3.05) is 39.6 Å². The summed E-state index contributed by atoms with van der Waals surface area (Å²) in [7, 11) is 0. The fourth-order valence-electron chi connectivity index (χ4n) is 5.92. The number of aliphatic hydroxyl groups is 13. The van der Waals surface area contributed by atoms with E-state index in [0.717, 1.165) is 6.92 Å². The van der Waals surface area contributed by atoms with Gasteiger partial charge in [-0.05, 0) is 6.92 Å². The van der Waals surface area contributed by atoms with Gasteiger partial charge < -0.3 is 110 Å². The molecule has 18 atom stereocenters. The first-order valence-electron chi connectivity index (χ1n) is 15.5. The van der Waals surface area contributed by atoms with Crippen LogP contribution in [0, 0.1) is 0 Å². The Morgan fingerprint density at radius 1 is 0.673 bits per heavy atom. The van der Waals surface area contributed by atoms with Crippen molar-refractivity contribution >= 4 is 0 Å². The van der Waals surface area contributed by atoms with E-state index in [0.29, 0.717) is 0 Å². The van der Waals surface area contributed by atoms with E-state index >= 15 is 0 Å². The zero-order chi connectivity index (χ0) is 36.4. The van der Waals surface area contributed by atoms with Gasteiger partial charge in [0, 0.05) is 6.54 Å². The van der Waals surface area contributed by atoms with Crippen molar-refractivity contribution in [2.24, 2.45) is 5.73 Å². The Bertz CT molecular complexity index is 1080. The second-order valence-electron chi connectivity index (χ2n) is 12.1. The van der Waals surface area contributed by atoms with Crippen LogP contribution < -0.4 is 5.73 Å². The molecule has 4 heterocycles. The molecule has 286 valence electrons. The molecule has 4 aliphatic rings. The molecule has 3 fully saturated rings. The van der Waals surface area contributed by atoms with E-state index in [1.165, 1.54) is 0 Å². The molecule has 4 aliphatic heterocycles. The molecule has 0 aromatic heterocycles. The van der Waals surface area contributed by atoms with Crippen molar-refractivity contribution in [1.29, 1.82) is 0 Å². The van der Waals surface area contributed by atoms with Gasteiger partial charge in [0.1, 0.15) is 79.4 Å². The van der Waals surface area contributed by atoms with Gasteiger partial charge in [0.2, 0.25) is 5.76 Å². The van der Waals surface area contributed by atoms with Crippen molar-refractivity contribution < 1.29 is 104 Å². The van der Waals surface area contributed by atoms with E-state index in [-0.39, 0.29) is 13.2 Å². The van der Waals surface area contributed by atoms with Crippen LogP contribution in [0.5, 0.6) is 0 Å². The molecular weight excluding hydrogens is 674 g/mol. The monoisotopic (exact) mass is 721 g/mol. The summed E-state index contributed by atoms with van der Waals surface area (Å²) < 4.78 is 43.9. The Morgan fingerprint density at radius 3 is 1.82 bits per heavy atom. The Hall–Kier alpha value is -1.62. The number of nitrogens with two attached hydrogens (primary N) is 1. The molecular formula is C27H47NO21. The molecule has 0 bridgehead atoms. The Labute approximate surface area is 278 Å². The van der Waals surface area contributed by atoms with Gasteiger partial charge in [-0.25, -0.2) is 0 Å². The molecule has 3 saturated heterocycles. The molecule has 49 heavy (non-hydrogen) atoms. The lowest BCUT2D eigenvalue weighted by atomic mass is 9.92. The SMILES string of the molecule is CC1(O[C@@H]2C(CO)OC(O[C@@H]3C(CO)O[C@H](O[C@H]4C(CO)O[C@H](OCCN)C(O)C4O)C(O)C3O)=C(O)C2O)OC(CO)[C@@H](O)C(O)C1O. The van der Waals surface area contributed by atoms with Crippen LogP contribution in [0.2, 0.25) is 0 Å². The van der Waals surface area contributed by atoms with Gasteiger partial charge in [-0.2, -0.15) is 0 Å². The number of hydrogen-bond acceptors (Lipinski definition) is 22. The minimum atomic E-state index is -2.23. The number of ether oxygens (including phenoxy) is 8. The second kappa shape index (κ2) is 16.8. The molecule has 12 unspecified atom stereocenters. The predicted molar refractivity (Wildman–Crippen MR) is 151 cm³/mol. The third-order valence-electron chi connectivity index (χ3n) is 8.71. The first kappa shape index (κ1) is 40.2. The van der Waals surface area contributed by atoms with Gasteiger partial charge in [0.15, 0.2) is 30.6 Å². The molecule has 0 spiro atoms. The van der Waals surface area contributed by atoms with Gasteiger partial charge >= 0.3 is 5.95 Å². The molecule has 22 nitrogen and oxygen atoms in total. The van der Waals surface area contributed by atoms with E-state index in [1.807, 2.05) is 0 Å². The van der Waals surface area contributed by atoms with Crippen molar-refractivity contribution in [3.63, 3.8) is 0 Å². The highest BCUT2D eigenvalue weighted by molar-refractivity contribution is 5.11. The summed E-state index contributed by atoms with van der Waals surface area (Å²) in [6.45, 7) is -2.30. The molecule has 22 heteroatoms. The summed E-state index contributed by atoms with van der Waals surface area (Å²) in [5.74, 6) is -4.23. The third kappa shape index (κ3) is 8.07. The minimum absolute atomic E-state index is 0.0507. The molecule has 0 aliphatic carbocycles. The Morgan fingerprint density at radius 2 is 1.22 bits per heavy atom. The van der Waals surface area contributed by atoms with E-state index in [1.54, 1.807) is 0 Å². The molecule has 0 radical (unpaired) electrons. The van der Waals surface area contributed by atoms with Crippen LogP contribution in [0.25, 0.3) is 0 Å². The van der Waals surface area contributed by atoms with E-state index in [9.17, 15) is 66.4 Å². The van der Waals surface area contributed by atoms with Crippen LogP contribution in [0.15, 0.2) is 11.7 Å². The maximum absolute atomic E-state index is 11.0. The van der Waals surface area contributed by atoms with Crippen molar-refractivity contribution in [3.8, 4) is 0 Å². The standard InChI is InChI=1S/C27H47NO21/c1-27(23(41)16(37)12(33)8(4-29)48-27)49-22-11(7-32)45-26(19(40)15(22)36)47-21-10(6-31)44-25(18(39)14(21)35)46-20-9(5-30)43-24(42-3-2-28)17(38)13(20)34/h8-18,20-25,29-41H,2-7,28H2,1H3/t8?,9?,10?,11?,12-,13?,14?,15?,16?,17?,18?,20+,21-,22-,23?,24+,25-,27?/m1/s1.